The van der Waals surface area contributed by atoms with Crippen LogP contribution in [0.3, 0.4) is 0 Å². The number of ether oxygens (including phenoxy) is 1. The second-order valence-corrected chi connectivity index (χ2v) is 6.12. The van der Waals surface area contributed by atoms with Crippen LogP contribution in [0.1, 0.15) is 20.8 Å². The molecular weight excluding hydrogens is 216 g/mol. The molecule has 0 rings (SSSR count). The van der Waals surface area contributed by atoms with E-state index < -0.39 is 15.6 Å². The first-order valence-electron chi connectivity index (χ1n) is 5.02. The zero-order valence-corrected chi connectivity index (χ0v) is 10.8. The summed E-state index contributed by atoms with van der Waals surface area (Å²) in [5.41, 5.74) is 4.97. The molecule has 0 bridgehead atoms. The van der Waals surface area contributed by atoms with Crippen molar-refractivity contribution in [2.75, 3.05) is 32.6 Å². The number of likely N-dealkylation sites (N-methyl/N-ethyl adjacent to an activating group) is 1. The quantitative estimate of drug-likeness (QED) is 0.635. The molecule has 0 atom stereocenters. The molecule has 0 spiro atoms. The predicted octanol–water partition coefficient (Wildman–Crippen LogP) is 0.0218. The zero-order chi connectivity index (χ0) is 12.1. The maximum Gasteiger partial charge on any atom is 0.216 e. The summed E-state index contributed by atoms with van der Waals surface area (Å²) in [6, 6.07) is 0. The van der Waals surface area contributed by atoms with Gasteiger partial charge < -0.3 is 10.5 Å². The van der Waals surface area contributed by atoms with Crippen molar-refractivity contribution in [1.82, 2.24) is 4.31 Å². The summed E-state index contributed by atoms with van der Waals surface area (Å²) in [4.78, 5) is 0. The first-order valence-corrected chi connectivity index (χ1v) is 6.63. The highest BCUT2D eigenvalue weighted by molar-refractivity contribution is 7.89. The van der Waals surface area contributed by atoms with Gasteiger partial charge in [0.15, 0.2) is 0 Å². The second-order valence-electron chi connectivity index (χ2n) is 4.00. The highest BCUT2D eigenvalue weighted by atomic mass is 32.2. The Morgan fingerprint density at radius 3 is 2.33 bits per heavy atom. The Bertz CT molecular complexity index is 275. The molecule has 0 saturated carbocycles. The van der Waals surface area contributed by atoms with Crippen LogP contribution < -0.4 is 5.73 Å². The average Bonchev–Trinajstić information content (AvgIpc) is 2.17. The molecule has 0 aromatic heterocycles. The van der Waals surface area contributed by atoms with Crippen molar-refractivity contribution in [2.45, 2.75) is 26.3 Å². The van der Waals surface area contributed by atoms with Crippen LogP contribution in [-0.2, 0) is 14.8 Å². The molecule has 0 aliphatic carbocycles. The highest BCUT2D eigenvalue weighted by Gasteiger charge is 2.31. The van der Waals surface area contributed by atoms with Crippen molar-refractivity contribution >= 4 is 10.0 Å². The number of rotatable bonds is 7. The molecule has 92 valence electrons. The summed E-state index contributed by atoms with van der Waals surface area (Å²) in [5.74, 6) is 0.000764. The zero-order valence-electron chi connectivity index (χ0n) is 9.99. The molecule has 0 saturated heterocycles. The lowest BCUT2D eigenvalue weighted by Crippen LogP contribution is -2.50. The van der Waals surface area contributed by atoms with Crippen LogP contribution in [0.15, 0.2) is 0 Å². The van der Waals surface area contributed by atoms with Gasteiger partial charge in [0.25, 0.3) is 0 Å². The van der Waals surface area contributed by atoms with E-state index in [2.05, 4.69) is 0 Å². The van der Waals surface area contributed by atoms with E-state index in [0.29, 0.717) is 6.61 Å². The van der Waals surface area contributed by atoms with Gasteiger partial charge in [-0.3, -0.25) is 0 Å². The normalized spacial score (nSPS) is 13.5. The highest BCUT2D eigenvalue weighted by Crippen LogP contribution is 2.15. The molecule has 0 radical (unpaired) electrons. The van der Waals surface area contributed by atoms with Crippen LogP contribution >= 0.6 is 0 Å². The van der Waals surface area contributed by atoms with Gasteiger partial charge in [-0.15, -0.1) is 0 Å². The molecule has 0 aromatic carbocycles. The Morgan fingerprint density at radius 1 is 1.40 bits per heavy atom. The number of nitrogens with zero attached hydrogens (tertiary/aromatic N) is 1. The Hall–Kier alpha value is -0.170. The van der Waals surface area contributed by atoms with Gasteiger partial charge in [-0.05, 0) is 20.8 Å². The third-order valence-electron chi connectivity index (χ3n) is 2.46. The second kappa shape index (κ2) is 5.79. The molecule has 0 aliphatic heterocycles. The summed E-state index contributed by atoms with van der Waals surface area (Å²) >= 11 is 0. The van der Waals surface area contributed by atoms with Crippen LogP contribution in [0.5, 0.6) is 0 Å². The van der Waals surface area contributed by atoms with E-state index in [-0.39, 0.29) is 18.9 Å². The molecular formula is C9H22N2O3S. The molecule has 15 heavy (non-hydrogen) atoms. The van der Waals surface area contributed by atoms with E-state index >= 15 is 0 Å². The van der Waals surface area contributed by atoms with E-state index in [1.165, 1.54) is 4.31 Å². The predicted molar refractivity (Wildman–Crippen MR) is 61.2 cm³/mol. The fraction of sp³-hybridized carbons (Fsp3) is 1.00. The molecule has 0 aromatic rings. The molecule has 2 N–H and O–H groups in total. The van der Waals surface area contributed by atoms with Crippen molar-refractivity contribution < 1.29 is 13.2 Å². The molecule has 5 nitrogen and oxygen atoms in total. The number of hydrogen-bond acceptors (Lipinski definition) is 4. The molecule has 6 heteroatoms. The standard InChI is InChI=1S/C9H22N2O3S/c1-5-14-6-7-15(12,13)11(4)9(2,3)8-10/h5-8,10H2,1-4H3. The third-order valence-corrected chi connectivity index (χ3v) is 4.47. The molecule has 0 fully saturated rings. The lowest BCUT2D eigenvalue weighted by atomic mass is 10.1. The Labute approximate surface area is 92.6 Å². The monoisotopic (exact) mass is 238 g/mol. The maximum absolute atomic E-state index is 11.8. The minimum absolute atomic E-state index is 0.000764. The van der Waals surface area contributed by atoms with Gasteiger partial charge in [0.2, 0.25) is 10.0 Å². The molecule has 0 amide bonds. The van der Waals surface area contributed by atoms with Crippen LogP contribution in [0.4, 0.5) is 0 Å². The van der Waals surface area contributed by atoms with Crippen LogP contribution in [0, 0.1) is 0 Å². The first-order chi connectivity index (χ1) is 6.78. The minimum atomic E-state index is -3.27. The average molecular weight is 238 g/mol. The fourth-order valence-corrected chi connectivity index (χ4v) is 2.38. The van der Waals surface area contributed by atoms with E-state index in [1.54, 1.807) is 20.9 Å². The van der Waals surface area contributed by atoms with Crippen molar-refractivity contribution in [3.63, 3.8) is 0 Å². The number of nitrogens with two attached hydrogens (primary N) is 1. The van der Waals surface area contributed by atoms with Gasteiger partial charge >= 0.3 is 0 Å². The molecule has 0 unspecified atom stereocenters. The van der Waals surface area contributed by atoms with Crippen molar-refractivity contribution in [2.24, 2.45) is 5.73 Å². The van der Waals surface area contributed by atoms with E-state index in [9.17, 15) is 8.42 Å². The van der Waals surface area contributed by atoms with E-state index in [4.69, 9.17) is 10.5 Å². The van der Waals surface area contributed by atoms with Gasteiger partial charge in [0.05, 0.1) is 12.4 Å². The smallest absolute Gasteiger partial charge is 0.216 e. The van der Waals surface area contributed by atoms with E-state index in [0.717, 1.165) is 0 Å². The topological polar surface area (TPSA) is 72.6 Å². The minimum Gasteiger partial charge on any atom is -0.381 e. The van der Waals surface area contributed by atoms with Gasteiger partial charge in [-0.25, -0.2) is 8.42 Å². The van der Waals surface area contributed by atoms with Crippen LogP contribution in [0.25, 0.3) is 0 Å². The largest absolute Gasteiger partial charge is 0.381 e. The SMILES string of the molecule is CCOCCS(=O)(=O)N(C)C(C)(C)CN. The van der Waals surface area contributed by atoms with Crippen molar-refractivity contribution in [3.8, 4) is 0 Å². The first kappa shape index (κ1) is 14.8. The Morgan fingerprint density at radius 2 is 1.93 bits per heavy atom. The van der Waals surface area contributed by atoms with Gasteiger partial charge in [-0.2, -0.15) is 4.31 Å². The fourth-order valence-electron chi connectivity index (χ4n) is 0.951. The Balaban J connectivity index is 4.46. The summed E-state index contributed by atoms with van der Waals surface area (Å²) in [6.07, 6.45) is 0. The number of hydrogen-bond donors (Lipinski definition) is 1. The van der Waals surface area contributed by atoms with Crippen LogP contribution in [0.2, 0.25) is 0 Å². The van der Waals surface area contributed by atoms with Crippen molar-refractivity contribution in [1.29, 1.82) is 0 Å². The summed E-state index contributed by atoms with van der Waals surface area (Å²) < 4.78 is 29.9. The summed E-state index contributed by atoms with van der Waals surface area (Å²) in [5, 5.41) is 0. The number of sulfonamides is 1. The Kier molecular flexibility index (Phi) is 5.72. The van der Waals surface area contributed by atoms with E-state index in [1.807, 2.05) is 6.92 Å². The molecule has 0 aliphatic rings. The van der Waals surface area contributed by atoms with Gasteiger partial charge in [-0.1, -0.05) is 0 Å². The lowest BCUT2D eigenvalue weighted by molar-refractivity contribution is 0.161. The summed E-state index contributed by atoms with van der Waals surface area (Å²) in [7, 11) is -1.72. The third kappa shape index (κ3) is 4.46. The van der Waals surface area contributed by atoms with Gasteiger partial charge in [0.1, 0.15) is 0 Å². The maximum atomic E-state index is 11.8. The van der Waals surface area contributed by atoms with Crippen molar-refractivity contribution in [3.05, 3.63) is 0 Å². The lowest BCUT2D eigenvalue weighted by Gasteiger charge is -2.33. The summed E-state index contributed by atoms with van der Waals surface area (Å²) in [6.45, 7) is 6.47. The molecule has 0 heterocycles. The van der Waals surface area contributed by atoms with Gasteiger partial charge in [0, 0.05) is 25.7 Å². The van der Waals surface area contributed by atoms with Crippen LogP contribution in [-0.4, -0.2) is 50.8 Å².